The number of carbonyl (C=O) groups is 3. The average molecular weight is 393 g/mol. The van der Waals surface area contributed by atoms with Gasteiger partial charge in [0.25, 0.3) is 0 Å². The third-order valence-corrected chi connectivity index (χ3v) is 7.07. The lowest BCUT2D eigenvalue weighted by Gasteiger charge is -2.35. The first-order chi connectivity index (χ1) is 14.0. The maximum atomic E-state index is 12.8. The van der Waals surface area contributed by atoms with Crippen molar-refractivity contribution >= 4 is 17.7 Å². The number of benzene rings is 1. The topological polar surface area (TPSA) is 60.9 Å². The Bertz CT molecular complexity index is 857. The zero-order valence-corrected chi connectivity index (χ0v) is 16.8. The summed E-state index contributed by atoms with van der Waals surface area (Å²) in [5, 5.41) is 0. The van der Waals surface area contributed by atoms with E-state index in [0.717, 1.165) is 26.1 Å². The van der Waals surface area contributed by atoms with Gasteiger partial charge >= 0.3 is 0 Å². The largest absolute Gasteiger partial charge is 0.339 e. The first-order valence-corrected chi connectivity index (χ1v) is 10.6. The molecule has 2 aliphatic carbocycles. The summed E-state index contributed by atoms with van der Waals surface area (Å²) >= 11 is 0. The van der Waals surface area contributed by atoms with Crippen LogP contribution in [0, 0.1) is 30.6 Å². The van der Waals surface area contributed by atoms with Gasteiger partial charge in [-0.1, -0.05) is 42.0 Å². The molecule has 4 unspecified atom stereocenters. The summed E-state index contributed by atoms with van der Waals surface area (Å²) in [5.74, 6) is -0.458. The monoisotopic (exact) mass is 393 g/mol. The Morgan fingerprint density at radius 3 is 2.28 bits per heavy atom. The summed E-state index contributed by atoms with van der Waals surface area (Å²) in [6.07, 6.45) is 5.07. The number of hydrogen-bond donors (Lipinski definition) is 0. The smallest absolute Gasteiger partial charge is 0.242 e. The average Bonchev–Trinajstić information content (AvgIpc) is 3.39. The minimum Gasteiger partial charge on any atom is -0.339 e. The highest BCUT2D eigenvalue weighted by Crippen LogP contribution is 2.52. The van der Waals surface area contributed by atoms with Crippen LogP contribution in [-0.2, 0) is 20.9 Å². The molecule has 2 heterocycles. The molecular weight excluding hydrogens is 366 g/mol. The molecule has 3 amide bonds. The lowest BCUT2D eigenvalue weighted by atomic mass is 9.85. The lowest BCUT2D eigenvalue weighted by Crippen LogP contribution is -2.51. The van der Waals surface area contributed by atoms with Crippen LogP contribution in [0.5, 0.6) is 0 Å². The normalized spacial score (nSPS) is 31.1. The molecular formula is C23H27N3O3. The molecule has 3 fully saturated rings. The predicted octanol–water partition coefficient (Wildman–Crippen LogP) is 1.45. The molecule has 1 saturated carbocycles. The van der Waals surface area contributed by atoms with Gasteiger partial charge in [-0.3, -0.25) is 24.2 Å². The number of carbonyl (C=O) groups excluding carboxylic acids is 3. The molecule has 152 valence electrons. The number of allylic oxidation sites excluding steroid dienone is 2. The second-order valence-electron chi connectivity index (χ2n) is 8.91. The number of likely N-dealkylation sites (tertiary alicyclic amines) is 1. The van der Waals surface area contributed by atoms with Crippen molar-refractivity contribution in [1.29, 1.82) is 0 Å². The number of imide groups is 1. The highest BCUT2D eigenvalue weighted by molar-refractivity contribution is 6.08. The van der Waals surface area contributed by atoms with Crippen molar-refractivity contribution in [1.82, 2.24) is 14.7 Å². The summed E-state index contributed by atoms with van der Waals surface area (Å²) in [7, 11) is 0. The Morgan fingerprint density at radius 1 is 1.00 bits per heavy atom. The van der Waals surface area contributed by atoms with Crippen LogP contribution in [-0.4, -0.2) is 65.1 Å². The fraction of sp³-hybridized carbons (Fsp3) is 0.522. The van der Waals surface area contributed by atoms with Crippen LogP contribution in [0.25, 0.3) is 0 Å². The Balaban J connectivity index is 1.16. The molecule has 1 aromatic rings. The summed E-state index contributed by atoms with van der Waals surface area (Å²) in [6.45, 7) is 5.77. The molecule has 2 saturated heterocycles. The van der Waals surface area contributed by atoms with Crippen LogP contribution in [0.2, 0.25) is 0 Å². The van der Waals surface area contributed by atoms with E-state index >= 15 is 0 Å². The number of piperazine rings is 1. The number of nitrogens with zero attached hydrogens (tertiary/aromatic N) is 3. The number of amides is 3. The molecule has 0 radical (unpaired) electrons. The zero-order chi connectivity index (χ0) is 20.1. The molecule has 0 aromatic heterocycles. The molecule has 2 bridgehead atoms. The van der Waals surface area contributed by atoms with Crippen LogP contribution in [0.3, 0.4) is 0 Å². The van der Waals surface area contributed by atoms with Gasteiger partial charge in [-0.25, -0.2) is 0 Å². The number of fused-ring (bicyclic) bond motifs is 5. The third-order valence-electron chi connectivity index (χ3n) is 7.07. The minimum absolute atomic E-state index is 0.0953. The Labute approximate surface area is 171 Å². The van der Waals surface area contributed by atoms with Gasteiger partial charge in [0, 0.05) is 32.7 Å². The number of hydrogen-bond acceptors (Lipinski definition) is 4. The van der Waals surface area contributed by atoms with Crippen LogP contribution in [0.15, 0.2) is 36.4 Å². The van der Waals surface area contributed by atoms with Gasteiger partial charge in [0.2, 0.25) is 17.7 Å². The van der Waals surface area contributed by atoms with Crippen LogP contribution in [0.4, 0.5) is 0 Å². The van der Waals surface area contributed by atoms with Crippen molar-refractivity contribution in [3.63, 3.8) is 0 Å². The first kappa shape index (κ1) is 18.6. The Hall–Kier alpha value is -2.47. The Morgan fingerprint density at radius 2 is 1.66 bits per heavy atom. The van der Waals surface area contributed by atoms with E-state index in [1.165, 1.54) is 16.0 Å². The molecule has 6 heteroatoms. The van der Waals surface area contributed by atoms with Gasteiger partial charge in [0.05, 0.1) is 11.8 Å². The maximum absolute atomic E-state index is 12.8. The van der Waals surface area contributed by atoms with Crippen LogP contribution < -0.4 is 0 Å². The molecule has 4 atom stereocenters. The summed E-state index contributed by atoms with van der Waals surface area (Å²) in [6, 6.07) is 8.50. The van der Waals surface area contributed by atoms with E-state index in [9.17, 15) is 14.4 Å². The van der Waals surface area contributed by atoms with E-state index in [2.05, 4.69) is 48.2 Å². The van der Waals surface area contributed by atoms with Gasteiger partial charge < -0.3 is 4.90 Å². The molecule has 5 rings (SSSR count). The van der Waals surface area contributed by atoms with Crippen molar-refractivity contribution in [2.45, 2.75) is 19.9 Å². The SMILES string of the molecule is Cc1cccc(CN2CCN(C(=O)CN3C(=O)C4C5C=CC(C5)C4C3=O)CC2)c1. The van der Waals surface area contributed by atoms with Gasteiger partial charge in [-0.15, -0.1) is 0 Å². The van der Waals surface area contributed by atoms with Gasteiger partial charge in [0.15, 0.2) is 0 Å². The third kappa shape index (κ3) is 3.19. The Kier molecular flexibility index (Phi) is 4.54. The zero-order valence-electron chi connectivity index (χ0n) is 16.8. The standard InChI is InChI=1S/C23H27N3O3/c1-15-3-2-4-16(11-15)13-24-7-9-25(10-8-24)19(27)14-26-22(28)20-17-5-6-18(12-17)21(20)23(26)29/h2-6,11,17-18,20-21H,7-10,12-14H2,1H3. The summed E-state index contributed by atoms with van der Waals surface area (Å²) in [4.78, 5) is 43.7. The van der Waals surface area contributed by atoms with E-state index in [1.54, 1.807) is 4.90 Å². The number of rotatable bonds is 4. The second kappa shape index (κ2) is 7.10. The molecule has 0 N–H and O–H groups in total. The minimum atomic E-state index is -0.225. The second-order valence-corrected chi connectivity index (χ2v) is 8.91. The highest BCUT2D eigenvalue weighted by atomic mass is 16.2. The maximum Gasteiger partial charge on any atom is 0.242 e. The fourth-order valence-electron chi connectivity index (χ4n) is 5.58. The molecule has 29 heavy (non-hydrogen) atoms. The molecule has 2 aliphatic heterocycles. The highest BCUT2D eigenvalue weighted by Gasteiger charge is 2.59. The van der Waals surface area contributed by atoms with Crippen LogP contribution in [0.1, 0.15) is 17.5 Å². The van der Waals surface area contributed by atoms with Gasteiger partial charge in [-0.2, -0.15) is 0 Å². The van der Waals surface area contributed by atoms with Gasteiger partial charge in [0.1, 0.15) is 6.54 Å². The van der Waals surface area contributed by atoms with Crippen molar-refractivity contribution in [2.24, 2.45) is 23.7 Å². The van der Waals surface area contributed by atoms with Crippen molar-refractivity contribution in [3.05, 3.63) is 47.5 Å². The molecule has 0 spiro atoms. The van der Waals surface area contributed by atoms with E-state index in [-0.39, 0.29) is 47.9 Å². The lowest BCUT2D eigenvalue weighted by molar-refractivity contribution is -0.147. The van der Waals surface area contributed by atoms with E-state index in [1.807, 2.05) is 0 Å². The van der Waals surface area contributed by atoms with Crippen molar-refractivity contribution in [3.8, 4) is 0 Å². The first-order valence-electron chi connectivity index (χ1n) is 10.6. The number of aryl methyl sites for hydroxylation is 1. The predicted molar refractivity (Wildman–Crippen MR) is 107 cm³/mol. The quantitative estimate of drug-likeness (QED) is 0.574. The van der Waals surface area contributed by atoms with Crippen LogP contribution >= 0.6 is 0 Å². The molecule has 1 aromatic carbocycles. The van der Waals surface area contributed by atoms with E-state index in [0.29, 0.717) is 13.1 Å². The van der Waals surface area contributed by atoms with E-state index in [4.69, 9.17) is 0 Å². The van der Waals surface area contributed by atoms with Crippen molar-refractivity contribution in [2.75, 3.05) is 32.7 Å². The molecule has 6 nitrogen and oxygen atoms in total. The fourth-order valence-corrected chi connectivity index (χ4v) is 5.58. The summed E-state index contributed by atoms with van der Waals surface area (Å²) in [5.41, 5.74) is 2.54. The van der Waals surface area contributed by atoms with Gasteiger partial charge in [-0.05, 0) is 30.7 Å². The van der Waals surface area contributed by atoms with Crippen molar-refractivity contribution < 1.29 is 14.4 Å². The summed E-state index contributed by atoms with van der Waals surface area (Å²) < 4.78 is 0. The van der Waals surface area contributed by atoms with E-state index < -0.39 is 0 Å². The molecule has 4 aliphatic rings.